The van der Waals surface area contributed by atoms with Crippen LogP contribution in [-0.4, -0.2) is 18.1 Å². The number of hydrogen-bond acceptors (Lipinski definition) is 3. The minimum atomic E-state index is -0.412. The first-order valence-electron chi connectivity index (χ1n) is 5.75. The fraction of sp³-hybridized carbons (Fsp3) is 0.0714. The number of rotatable bonds is 3. The van der Waals surface area contributed by atoms with Gasteiger partial charge in [0.05, 0.1) is 22.8 Å². The van der Waals surface area contributed by atoms with Crippen LogP contribution in [0.4, 0.5) is 5.69 Å². The number of ether oxygens (including phenoxy) is 1. The summed E-state index contributed by atoms with van der Waals surface area (Å²) in [5.74, 6) is 0.0840. The van der Waals surface area contributed by atoms with E-state index in [9.17, 15) is 9.90 Å². The van der Waals surface area contributed by atoms with Gasteiger partial charge < -0.3 is 15.2 Å². The van der Waals surface area contributed by atoms with Crippen LogP contribution in [0.25, 0.3) is 0 Å². The van der Waals surface area contributed by atoms with Crippen LogP contribution in [0.1, 0.15) is 10.4 Å². The highest BCUT2D eigenvalue weighted by Crippen LogP contribution is 2.35. The number of carbonyl (C=O) groups excluding carboxylic acids is 1. The second-order valence-corrected chi connectivity index (χ2v) is 6.71. The summed E-state index contributed by atoms with van der Waals surface area (Å²) < 4.78 is 7.35. The molecule has 2 aromatic carbocycles. The maximum absolute atomic E-state index is 12.2. The molecule has 0 fully saturated rings. The molecule has 0 aromatic heterocycles. The molecule has 0 heterocycles. The molecular weight excluding hydrogens is 470 g/mol. The molecule has 0 aliphatic carbocycles. The predicted octanol–water partition coefficient (Wildman–Crippen LogP) is 4.94. The highest BCUT2D eigenvalue weighted by Gasteiger charge is 2.14. The second-order valence-electron chi connectivity index (χ2n) is 4.08. The van der Waals surface area contributed by atoms with Crippen molar-refractivity contribution in [1.29, 1.82) is 0 Å². The third-order valence-corrected chi connectivity index (χ3v) is 4.46. The number of nitrogens with one attached hydrogen (secondary N) is 1. The Kier molecular flexibility index (Phi) is 5.29. The summed E-state index contributed by atoms with van der Waals surface area (Å²) in [7, 11) is 1.54. The first-order chi connectivity index (χ1) is 9.92. The van der Waals surface area contributed by atoms with Gasteiger partial charge in [0.2, 0.25) is 0 Å². The molecule has 2 rings (SSSR count). The number of carbonyl (C=O) groups is 1. The number of aromatic hydroxyl groups is 1. The summed E-state index contributed by atoms with van der Waals surface area (Å²) in [5, 5.41) is 12.5. The summed E-state index contributed by atoms with van der Waals surface area (Å²) in [4.78, 5) is 12.2. The third kappa shape index (κ3) is 3.78. The molecule has 7 heteroatoms. The van der Waals surface area contributed by atoms with E-state index in [2.05, 4.69) is 53.1 Å². The van der Waals surface area contributed by atoms with Crippen LogP contribution in [0, 0.1) is 0 Å². The Morgan fingerprint density at radius 2 is 1.86 bits per heavy atom. The average molecular weight is 480 g/mol. The van der Waals surface area contributed by atoms with Crippen LogP contribution in [0.2, 0.25) is 0 Å². The number of benzene rings is 2. The normalized spacial score (nSPS) is 10.3. The van der Waals surface area contributed by atoms with Crippen molar-refractivity contribution >= 4 is 59.4 Å². The van der Waals surface area contributed by atoms with E-state index in [-0.39, 0.29) is 11.3 Å². The molecule has 0 saturated heterocycles. The number of halogens is 3. The Morgan fingerprint density at radius 3 is 2.48 bits per heavy atom. The molecule has 21 heavy (non-hydrogen) atoms. The summed E-state index contributed by atoms with van der Waals surface area (Å²) in [5.41, 5.74) is 0.731. The summed E-state index contributed by atoms with van der Waals surface area (Å²) in [6.45, 7) is 0. The molecular formula is C14H10Br3NO3. The lowest BCUT2D eigenvalue weighted by molar-refractivity contribution is 0.102. The van der Waals surface area contributed by atoms with Crippen molar-refractivity contribution in [3.63, 3.8) is 0 Å². The molecule has 0 saturated carbocycles. The van der Waals surface area contributed by atoms with E-state index in [4.69, 9.17) is 4.74 Å². The van der Waals surface area contributed by atoms with E-state index >= 15 is 0 Å². The first-order valence-corrected chi connectivity index (χ1v) is 8.13. The number of phenols is 1. The predicted molar refractivity (Wildman–Crippen MR) is 92.2 cm³/mol. The maximum Gasteiger partial charge on any atom is 0.259 e. The fourth-order valence-electron chi connectivity index (χ4n) is 1.67. The molecule has 2 aromatic rings. The van der Waals surface area contributed by atoms with E-state index in [1.165, 1.54) is 6.07 Å². The number of amides is 1. The smallest absolute Gasteiger partial charge is 0.259 e. The summed E-state index contributed by atoms with van der Waals surface area (Å²) in [6.07, 6.45) is 0. The van der Waals surface area contributed by atoms with Crippen LogP contribution < -0.4 is 10.1 Å². The van der Waals surface area contributed by atoms with Crippen molar-refractivity contribution in [2.45, 2.75) is 0 Å². The molecule has 0 aliphatic rings. The summed E-state index contributed by atoms with van der Waals surface area (Å²) in [6, 6.07) is 8.15. The number of phenolic OH excluding ortho intramolecular Hbond substituents is 1. The molecule has 0 radical (unpaired) electrons. The van der Waals surface area contributed by atoms with Crippen LogP contribution in [0.5, 0.6) is 11.5 Å². The molecule has 0 aliphatic heterocycles. The highest BCUT2D eigenvalue weighted by molar-refractivity contribution is 9.11. The van der Waals surface area contributed by atoms with Crippen molar-refractivity contribution in [1.82, 2.24) is 0 Å². The second kappa shape index (κ2) is 6.81. The number of hydrogen-bond donors (Lipinski definition) is 2. The third-order valence-electron chi connectivity index (χ3n) is 2.69. The highest BCUT2D eigenvalue weighted by atomic mass is 79.9. The van der Waals surface area contributed by atoms with Crippen molar-refractivity contribution < 1.29 is 14.6 Å². The SMILES string of the molecule is COc1cc(NC(=O)c2ccc(Br)cc2O)c(Br)cc1Br. The zero-order chi connectivity index (χ0) is 15.6. The quantitative estimate of drug-likeness (QED) is 0.655. The molecule has 1 amide bonds. The largest absolute Gasteiger partial charge is 0.507 e. The molecule has 0 spiro atoms. The van der Waals surface area contributed by atoms with Gasteiger partial charge in [0.1, 0.15) is 11.5 Å². The van der Waals surface area contributed by atoms with Crippen LogP contribution in [0.15, 0.2) is 43.7 Å². The van der Waals surface area contributed by atoms with Gasteiger partial charge in [-0.25, -0.2) is 0 Å². The van der Waals surface area contributed by atoms with Gasteiger partial charge in [-0.2, -0.15) is 0 Å². The van der Waals surface area contributed by atoms with Gasteiger partial charge in [0.25, 0.3) is 5.91 Å². The maximum atomic E-state index is 12.2. The van der Waals surface area contributed by atoms with Crippen LogP contribution in [0.3, 0.4) is 0 Å². The van der Waals surface area contributed by atoms with E-state index in [0.29, 0.717) is 20.4 Å². The minimum absolute atomic E-state index is 0.0953. The van der Waals surface area contributed by atoms with Gasteiger partial charge in [-0.15, -0.1) is 0 Å². The van der Waals surface area contributed by atoms with Crippen molar-refractivity contribution in [3.8, 4) is 11.5 Å². The van der Waals surface area contributed by atoms with E-state index in [0.717, 1.165) is 4.47 Å². The molecule has 0 atom stereocenters. The molecule has 2 N–H and O–H groups in total. The number of anilines is 1. The lowest BCUT2D eigenvalue weighted by atomic mass is 10.2. The summed E-state index contributed by atoms with van der Waals surface area (Å²) >= 11 is 9.96. The topological polar surface area (TPSA) is 58.6 Å². The fourth-order valence-corrected chi connectivity index (χ4v) is 3.27. The lowest BCUT2D eigenvalue weighted by Gasteiger charge is -2.11. The van der Waals surface area contributed by atoms with Crippen molar-refractivity contribution in [2.75, 3.05) is 12.4 Å². The Morgan fingerprint density at radius 1 is 1.14 bits per heavy atom. The van der Waals surface area contributed by atoms with Gasteiger partial charge in [-0.3, -0.25) is 4.79 Å². The van der Waals surface area contributed by atoms with Gasteiger partial charge in [0, 0.05) is 15.0 Å². The standard InChI is InChI=1S/C14H10Br3NO3/c1-21-13-6-11(9(16)5-10(13)17)18-14(20)8-3-2-7(15)4-12(8)19/h2-6,19H,1H3,(H,18,20). The van der Waals surface area contributed by atoms with E-state index in [1.807, 2.05) is 0 Å². The number of methoxy groups -OCH3 is 1. The molecule has 4 nitrogen and oxygen atoms in total. The zero-order valence-corrected chi connectivity index (χ0v) is 15.5. The van der Waals surface area contributed by atoms with Gasteiger partial charge in [0.15, 0.2) is 0 Å². The molecule has 0 unspecified atom stereocenters. The minimum Gasteiger partial charge on any atom is -0.507 e. The monoisotopic (exact) mass is 477 g/mol. The lowest BCUT2D eigenvalue weighted by Crippen LogP contribution is -2.12. The first kappa shape index (κ1) is 16.3. The van der Waals surface area contributed by atoms with Crippen molar-refractivity contribution in [3.05, 3.63) is 49.3 Å². The zero-order valence-electron chi connectivity index (χ0n) is 10.8. The van der Waals surface area contributed by atoms with Crippen LogP contribution >= 0.6 is 47.8 Å². The van der Waals surface area contributed by atoms with Gasteiger partial charge in [-0.05, 0) is 56.1 Å². The Hall–Kier alpha value is -1.05. The average Bonchev–Trinajstić information content (AvgIpc) is 2.41. The van der Waals surface area contributed by atoms with Gasteiger partial charge >= 0.3 is 0 Å². The Balaban J connectivity index is 2.31. The molecule has 0 bridgehead atoms. The van der Waals surface area contributed by atoms with E-state index in [1.54, 1.807) is 31.4 Å². The van der Waals surface area contributed by atoms with Crippen molar-refractivity contribution in [2.24, 2.45) is 0 Å². The van der Waals surface area contributed by atoms with Gasteiger partial charge in [-0.1, -0.05) is 15.9 Å². The van der Waals surface area contributed by atoms with Crippen LogP contribution in [-0.2, 0) is 0 Å². The Labute approximate surface area is 146 Å². The Bertz CT molecular complexity index is 704. The molecule has 110 valence electrons. The van der Waals surface area contributed by atoms with E-state index < -0.39 is 5.91 Å².